The van der Waals surface area contributed by atoms with Crippen LogP contribution in [0.2, 0.25) is 0 Å². The molecule has 25 N–H and O–H groups in total. The smallest absolute Gasteiger partial charge is 0.391 e. The van der Waals surface area contributed by atoms with Crippen LogP contribution in [0.25, 0.3) is 0 Å². The van der Waals surface area contributed by atoms with Crippen LogP contribution in [0, 0.1) is 17.8 Å². The van der Waals surface area contributed by atoms with Gasteiger partial charge in [0.1, 0.15) is 60.4 Å². The minimum absolute atomic E-state index is 0.00298. The largest absolute Gasteiger partial charge is 0.394 e. The summed E-state index contributed by atoms with van der Waals surface area (Å²) < 4.78 is 31.6. The maximum absolute atomic E-state index is 14.7. The Balaban J connectivity index is 0.0000141. The van der Waals surface area contributed by atoms with Crippen LogP contribution in [0.3, 0.4) is 0 Å². The van der Waals surface area contributed by atoms with E-state index in [0.717, 1.165) is 26.2 Å². The van der Waals surface area contributed by atoms with E-state index in [2.05, 4.69) is 72.3 Å². The number of carbonyl (C=O) groups excluding carboxylic acids is 11. The van der Waals surface area contributed by atoms with Gasteiger partial charge in [-0.25, -0.2) is 0 Å². The molecule has 0 spiro atoms. The van der Waals surface area contributed by atoms with Gasteiger partial charge in [-0.15, -0.1) is 0 Å². The highest BCUT2D eigenvalue weighted by atomic mass is 32.3. The van der Waals surface area contributed by atoms with Crippen molar-refractivity contribution in [1.29, 1.82) is 0 Å². The molecule has 11 amide bonds. The topological polar surface area (TPSA) is 565 Å². The van der Waals surface area contributed by atoms with E-state index in [1.54, 1.807) is 27.7 Å². The van der Waals surface area contributed by atoms with Crippen molar-refractivity contribution in [3.05, 3.63) is 0 Å². The lowest BCUT2D eigenvalue weighted by Crippen LogP contribution is -2.68. The van der Waals surface area contributed by atoms with Crippen LogP contribution in [0.15, 0.2) is 0 Å². The standard InChI is InChI=1S/C53H100N16O13.H2O4S/c1-15-24(6)18-16-17-19-35(72)62-36(25(7)54)47(76)69-43(32(14)71)53(82)66-39(28(10)57)49(78)67-41-30(12)59-52(81)42(31(13)70)68-50(79)40(29(11)58)64-48(77)38(27(9)56)63-45(74)34(21-23(4)5)60-44(73)33(20-22(2)3)61-46(75)37(26(8)55)65-51(41)80;1-5(2,3)4/h22-34,36-43,70-71H,15-21,54-58H2,1-14H3,(H,59,81)(H,60,73)(H,61,75)(H,62,72)(H,63,74)(H,64,77)(H,65,80)(H,66,82)(H,67,78)(H,68,79)(H,69,76);(H2,1,2,3,4)/t24?,25?,26?,27?,28?,29?,30?,31-,32-,33+,34+,36+,37+,38+,39+,40+,41+,42+,43+;/m1./s1. The Morgan fingerprint density at radius 3 is 1.26 bits per heavy atom. The normalized spacial score (nSPS) is 25.4. The Morgan fingerprint density at radius 2 is 0.862 bits per heavy atom. The number of hydrogen-bond acceptors (Lipinski definition) is 20. The van der Waals surface area contributed by atoms with E-state index in [1.165, 1.54) is 48.5 Å². The van der Waals surface area contributed by atoms with Crippen LogP contribution in [0.5, 0.6) is 0 Å². The van der Waals surface area contributed by atoms with Crippen molar-refractivity contribution in [3.8, 4) is 0 Å². The van der Waals surface area contributed by atoms with Gasteiger partial charge in [-0.3, -0.25) is 61.8 Å². The molecule has 87 heavy (non-hydrogen) atoms. The zero-order valence-electron chi connectivity index (χ0n) is 52.5. The van der Waals surface area contributed by atoms with Gasteiger partial charge in [-0.2, -0.15) is 8.42 Å². The lowest BCUT2D eigenvalue weighted by Gasteiger charge is -2.33. The van der Waals surface area contributed by atoms with Crippen LogP contribution >= 0.6 is 0 Å². The minimum atomic E-state index is -4.67. The summed E-state index contributed by atoms with van der Waals surface area (Å²) in [5.41, 5.74) is 31.0. The molecule has 19 atom stereocenters. The summed E-state index contributed by atoms with van der Waals surface area (Å²) in [7, 11) is -4.67. The molecule has 1 rings (SSSR count). The quantitative estimate of drug-likeness (QED) is 0.0316. The first-order chi connectivity index (χ1) is 39.9. The average molecular weight is 1270 g/mol. The molecule has 0 aromatic heterocycles. The number of nitrogens with two attached hydrogens (primary N) is 5. The van der Waals surface area contributed by atoms with Crippen molar-refractivity contribution in [3.63, 3.8) is 0 Å². The highest BCUT2D eigenvalue weighted by molar-refractivity contribution is 7.79. The number of hydrogen-bond donors (Lipinski definition) is 20. The third-order valence-corrected chi connectivity index (χ3v) is 13.9. The summed E-state index contributed by atoms with van der Waals surface area (Å²) in [6.45, 7) is 21.6. The Kier molecular flexibility index (Phi) is 35.5. The van der Waals surface area contributed by atoms with E-state index in [0.29, 0.717) is 12.3 Å². The first-order valence-electron chi connectivity index (χ1n) is 29.1. The van der Waals surface area contributed by atoms with Crippen molar-refractivity contribution in [2.75, 3.05) is 0 Å². The van der Waals surface area contributed by atoms with E-state index in [4.69, 9.17) is 46.2 Å². The summed E-state index contributed by atoms with van der Waals surface area (Å²) in [5.74, 6) is -10.8. The molecule has 0 aromatic rings. The molecular weight excluding hydrogens is 1160 g/mol. The molecule has 0 aromatic carbocycles. The summed E-state index contributed by atoms with van der Waals surface area (Å²) in [5, 5.41) is 49.0. The fraction of sp³-hybridized carbons (Fsp3) is 0.792. The zero-order valence-corrected chi connectivity index (χ0v) is 53.3. The number of unbranched alkanes of at least 4 members (excludes halogenated alkanes) is 1. The van der Waals surface area contributed by atoms with Crippen molar-refractivity contribution < 1.29 is 80.5 Å². The second-order valence-corrected chi connectivity index (χ2v) is 24.5. The Morgan fingerprint density at radius 1 is 0.506 bits per heavy atom. The third-order valence-electron chi connectivity index (χ3n) is 13.9. The number of aliphatic hydroxyl groups is 2. The summed E-state index contributed by atoms with van der Waals surface area (Å²) in [6, 6.07) is -23.6. The van der Waals surface area contributed by atoms with Gasteiger partial charge in [0, 0.05) is 36.6 Å². The third kappa shape index (κ3) is 30.0. The van der Waals surface area contributed by atoms with Crippen LogP contribution in [-0.2, 0) is 63.1 Å². The zero-order chi connectivity index (χ0) is 67.7. The lowest BCUT2D eigenvalue weighted by molar-refractivity contribution is -0.138. The molecule has 0 bridgehead atoms. The van der Waals surface area contributed by atoms with Crippen molar-refractivity contribution in [2.24, 2.45) is 46.4 Å². The molecule has 1 aliphatic rings. The second kappa shape index (κ2) is 38.2. The van der Waals surface area contributed by atoms with Crippen molar-refractivity contribution >= 4 is 75.4 Å². The molecule has 1 saturated heterocycles. The van der Waals surface area contributed by atoms with Gasteiger partial charge in [-0.05, 0) is 92.4 Å². The van der Waals surface area contributed by atoms with Crippen LogP contribution in [-0.4, -0.2) is 202 Å². The fourth-order valence-corrected chi connectivity index (χ4v) is 8.68. The maximum atomic E-state index is 14.7. The number of nitrogens with one attached hydrogen (secondary N) is 11. The molecule has 0 aliphatic carbocycles. The minimum Gasteiger partial charge on any atom is -0.391 e. The SMILES string of the molecule is CCC(C)CCCCC(=O)N[C@H](C(=O)N[C@H](C(=O)N[C@H](C(=O)N[C@@H]1C(=O)N[C@@H](C(C)N)C(=O)N[C@@H](CC(C)C)C(=O)N[C@@H](CC(C)C)C(=O)N[C@@H](C(C)N)C(=O)N[C@@H](C(C)N)C(=O)N[C@@H]([C@@H](C)O)C(=O)NC1C)C(C)N)[C@@H](C)O)C(C)N.O=S(=O)(O)O. The van der Waals surface area contributed by atoms with Gasteiger partial charge in [-0.1, -0.05) is 60.8 Å². The predicted molar refractivity (Wildman–Crippen MR) is 320 cm³/mol. The van der Waals surface area contributed by atoms with Gasteiger partial charge < -0.3 is 97.4 Å². The lowest BCUT2D eigenvalue weighted by atomic mass is 9.98. The van der Waals surface area contributed by atoms with E-state index in [-0.39, 0.29) is 31.1 Å². The van der Waals surface area contributed by atoms with Gasteiger partial charge in [0.25, 0.3) is 0 Å². The summed E-state index contributed by atoms with van der Waals surface area (Å²) in [6.07, 6.45) is 0.0392. The number of rotatable bonds is 24. The van der Waals surface area contributed by atoms with Gasteiger partial charge in [0.2, 0.25) is 65.0 Å². The van der Waals surface area contributed by atoms with E-state index < -0.39 is 184 Å². The second-order valence-electron chi connectivity index (χ2n) is 23.6. The van der Waals surface area contributed by atoms with E-state index in [1.807, 2.05) is 0 Å². The van der Waals surface area contributed by atoms with Gasteiger partial charge in [0.05, 0.1) is 18.2 Å². The molecular formula is C53H102N16O17S. The average Bonchev–Trinajstić information content (AvgIpc) is 1.56. The predicted octanol–water partition coefficient (Wildman–Crippen LogP) is -6.10. The molecule has 1 aliphatic heterocycles. The molecule has 7 unspecified atom stereocenters. The molecule has 0 saturated carbocycles. The number of amides is 11. The van der Waals surface area contributed by atoms with Crippen LogP contribution in [0.4, 0.5) is 0 Å². The first kappa shape index (κ1) is 80.8. The highest BCUT2D eigenvalue weighted by Crippen LogP contribution is 2.14. The highest BCUT2D eigenvalue weighted by Gasteiger charge is 2.41. The van der Waals surface area contributed by atoms with E-state index >= 15 is 0 Å². The monoisotopic (exact) mass is 1270 g/mol. The summed E-state index contributed by atoms with van der Waals surface area (Å²) in [4.78, 5) is 154. The van der Waals surface area contributed by atoms with Crippen molar-refractivity contribution in [2.45, 2.75) is 251 Å². The Labute approximate surface area is 509 Å². The van der Waals surface area contributed by atoms with Crippen LogP contribution in [0.1, 0.15) is 142 Å². The molecule has 1 fully saturated rings. The number of aliphatic hydroxyl groups excluding tert-OH is 2. The molecule has 502 valence electrons. The molecule has 34 heteroatoms. The summed E-state index contributed by atoms with van der Waals surface area (Å²) >= 11 is 0. The van der Waals surface area contributed by atoms with Gasteiger partial charge in [0.15, 0.2) is 0 Å². The first-order valence-corrected chi connectivity index (χ1v) is 30.5. The Hall–Kier alpha value is -6.24. The molecule has 0 radical (unpaired) electrons. The maximum Gasteiger partial charge on any atom is 0.394 e. The molecule has 33 nitrogen and oxygen atoms in total. The van der Waals surface area contributed by atoms with Crippen molar-refractivity contribution in [1.82, 2.24) is 58.5 Å². The fourth-order valence-electron chi connectivity index (χ4n) is 8.68. The number of carbonyl (C=O) groups is 11. The molecule has 1 heterocycles. The Bertz CT molecular complexity index is 2410. The van der Waals surface area contributed by atoms with Gasteiger partial charge >= 0.3 is 10.4 Å². The van der Waals surface area contributed by atoms with Crippen LogP contribution < -0.4 is 87.2 Å². The van der Waals surface area contributed by atoms with E-state index in [9.17, 15) is 63.0 Å².